The molecule has 0 saturated carbocycles. The van der Waals surface area contributed by atoms with Crippen LogP contribution in [0.4, 0.5) is 0 Å². The summed E-state index contributed by atoms with van der Waals surface area (Å²) in [5.41, 5.74) is -0.175. The molecule has 15 heavy (non-hydrogen) atoms. The van der Waals surface area contributed by atoms with Crippen LogP contribution < -0.4 is 0 Å². The maximum absolute atomic E-state index is 12.4. The minimum atomic E-state index is -0.175. The van der Waals surface area contributed by atoms with E-state index < -0.39 is 0 Å². The van der Waals surface area contributed by atoms with Crippen LogP contribution in [0.5, 0.6) is 0 Å². The molecule has 0 radical (unpaired) electrons. The second-order valence-electron chi connectivity index (χ2n) is 4.97. The first kappa shape index (κ1) is 10.9. The van der Waals surface area contributed by atoms with Gasteiger partial charge in [0.05, 0.1) is 18.6 Å². The van der Waals surface area contributed by atoms with Gasteiger partial charge in [0.1, 0.15) is 0 Å². The smallest absolute Gasteiger partial charge is 0.233 e. The standard InChI is InChI=1S/C12H21NO2/c1-3-12(8-15-9-12)11(14)13-7-5-4-6-10(13)2/h10H,3-9H2,1-2H3. The fourth-order valence-corrected chi connectivity index (χ4v) is 2.53. The Labute approximate surface area is 91.8 Å². The number of amides is 1. The predicted molar refractivity (Wildman–Crippen MR) is 58.6 cm³/mol. The molecular formula is C12H21NO2. The van der Waals surface area contributed by atoms with Crippen LogP contribution in [0.1, 0.15) is 39.5 Å². The van der Waals surface area contributed by atoms with E-state index in [2.05, 4.69) is 18.7 Å². The molecule has 2 aliphatic rings. The summed E-state index contributed by atoms with van der Waals surface area (Å²) in [6.07, 6.45) is 4.50. The van der Waals surface area contributed by atoms with E-state index in [1.807, 2.05) is 0 Å². The largest absolute Gasteiger partial charge is 0.379 e. The van der Waals surface area contributed by atoms with Gasteiger partial charge in [-0.25, -0.2) is 0 Å². The van der Waals surface area contributed by atoms with Gasteiger partial charge in [0.25, 0.3) is 0 Å². The molecule has 0 aromatic heterocycles. The highest BCUT2D eigenvalue weighted by atomic mass is 16.5. The van der Waals surface area contributed by atoms with Crippen molar-refractivity contribution in [3.63, 3.8) is 0 Å². The zero-order valence-electron chi connectivity index (χ0n) is 9.79. The summed E-state index contributed by atoms with van der Waals surface area (Å²) in [6.45, 7) is 6.47. The number of hydrogen-bond acceptors (Lipinski definition) is 2. The molecule has 0 aliphatic carbocycles. The molecule has 2 aliphatic heterocycles. The van der Waals surface area contributed by atoms with Gasteiger partial charge in [-0.2, -0.15) is 0 Å². The molecule has 2 saturated heterocycles. The zero-order valence-corrected chi connectivity index (χ0v) is 9.79. The van der Waals surface area contributed by atoms with Crippen LogP contribution in [0.3, 0.4) is 0 Å². The first-order chi connectivity index (χ1) is 7.19. The van der Waals surface area contributed by atoms with E-state index in [1.54, 1.807) is 0 Å². The third kappa shape index (κ3) is 1.78. The minimum Gasteiger partial charge on any atom is -0.379 e. The van der Waals surface area contributed by atoms with Crippen LogP contribution in [-0.2, 0) is 9.53 Å². The van der Waals surface area contributed by atoms with Gasteiger partial charge < -0.3 is 9.64 Å². The van der Waals surface area contributed by atoms with Crippen LogP contribution in [0.25, 0.3) is 0 Å². The lowest BCUT2D eigenvalue weighted by atomic mass is 9.80. The van der Waals surface area contributed by atoms with Crippen molar-refractivity contribution in [1.29, 1.82) is 0 Å². The first-order valence-electron chi connectivity index (χ1n) is 6.08. The molecule has 3 heteroatoms. The van der Waals surface area contributed by atoms with E-state index >= 15 is 0 Å². The summed E-state index contributed by atoms with van der Waals surface area (Å²) in [4.78, 5) is 14.5. The van der Waals surface area contributed by atoms with Crippen LogP contribution in [0.15, 0.2) is 0 Å². The van der Waals surface area contributed by atoms with Crippen molar-refractivity contribution in [2.24, 2.45) is 5.41 Å². The van der Waals surface area contributed by atoms with Crippen LogP contribution in [0.2, 0.25) is 0 Å². The molecular weight excluding hydrogens is 190 g/mol. The van der Waals surface area contributed by atoms with Crippen molar-refractivity contribution >= 4 is 5.91 Å². The average Bonchev–Trinajstić information content (AvgIpc) is 2.17. The summed E-state index contributed by atoms with van der Waals surface area (Å²) < 4.78 is 5.23. The molecule has 0 N–H and O–H groups in total. The van der Waals surface area contributed by atoms with Gasteiger partial charge in [-0.3, -0.25) is 4.79 Å². The van der Waals surface area contributed by atoms with E-state index in [4.69, 9.17) is 4.74 Å². The van der Waals surface area contributed by atoms with Gasteiger partial charge in [-0.05, 0) is 32.6 Å². The van der Waals surface area contributed by atoms with Gasteiger partial charge in [-0.15, -0.1) is 0 Å². The highest BCUT2D eigenvalue weighted by Gasteiger charge is 2.47. The minimum absolute atomic E-state index is 0.175. The van der Waals surface area contributed by atoms with E-state index in [0.717, 1.165) is 25.8 Å². The number of piperidine rings is 1. The SMILES string of the molecule is CCC1(C(=O)N2CCCCC2C)COC1. The third-order valence-corrected chi connectivity index (χ3v) is 3.95. The Hall–Kier alpha value is -0.570. The fourth-order valence-electron chi connectivity index (χ4n) is 2.53. The summed E-state index contributed by atoms with van der Waals surface area (Å²) >= 11 is 0. The topological polar surface area (TPSA) is 29.5 Å². The predicted octanol–water partition coefficient (Wildman–Crippen LogP) is 1.81. The Morgan fingerprint density at radius 3 is 2.67 bits per heavy atom. The molecule has 0 aromatic carbocycles. The summed E-state index contributed by atoms with van der Waals surface area (Å²) in [7, 11) is 0. The van der Waals surface area contributed by atoms with Gasteiger partial charge in [0.15, 0.2) is 0 Å². The molecule has 2 fully saturated rings. The lowest BCUT2D eigenvalue weighted by Crippen LogP contribution is -2.57. The van der Waals surface area contributed by atoms with Gasteiger partial charge in [0.2, 0.25) is 5.91 Å². The molecule has 1 unspecified atom stereocenters. The normalized spacial score (nSPS) is 29.7. The number of nitrogens with zero attached hydrogens (tertiary/aromatic N) is 1. The average molecular weight is 211 g/mol. The van der Waals surface area contributed by atoms with Gasteiger partial charge in [-0.1, -0.05) is 6.92 Å². The van der Waals surface area contributed by atoms with Crippen molar-refractivity contribution in [1.82, 2.24) is 4.90 Å². The molecule has 86 valence electrons. The number of ether oxygens (including phenoxy) is 1. The number of carbonyl (C=O) groups is 1. The van der Waals surface area contributed by atoms with E-state index in [-0.39, 0.29) is 5.41 Å². The van der Waals surface area contributed by atoms with Gasteiger partial charge >= 0.3 is 0 Å². The van der Waals surface area contributed by atoms with Crippen LogP contribution >= 0.6 is 0 Å². The molecule has 0 bridgehead atoms. The summed E-state index contributed by atoms with van der Waals surface area (Å²) in [5.74, 6) is 0.337. The van der Waals surface area contributed by atoms with Crippen molar-refractivity contribution in [3.8, 4) is 0 Å². The molecule has 1 amide bonds. The summed E-state index contributed by atoms with van der Waals surface area (Å²) in [6, 6.07) is 0.426. The summed E-state index contributed by atoms with van der Waals surface area (Å²) in [5, 5.41) is 0. The van der Waals surface area contributed by atoms with Crippen molar-refractivity contribution in [2.45, 2.75) is 45.6 Å². The quantitative estimate of drug-likeness (QED) is 0.697. The number of carbonyl (C=O) groups excluding carboxylic acids is 1. The second-order valence-corrected chi connectivity index (χ2v) is 4.97. The van der Waals surface area contributed by atoms with Crippen molar-refractivity contribution in [2.75, 3.05) is 19.8 Å². The first-order valence-corrected chi connectivity index (χ1v) is 6.08. The van der Waals surface area contributed by atoms with E-state index in [9.17, 15) is 4.79 Å². The monoisotopic (exact) mass is 211 g/mol. The zero-order chi connectivity index (χ0) is 10.9. The van der Waals surface area contributed by atoms with Gasteiger partial charge in [0, 0.05) is 12.6 Å². The Bertz CT molecular complexity index is 242. The lowest BCUT2D eigenvalue weighted by Gasteiger charge is -2.45. The molecule has 2 heterocycles. The molecule has 0 aromatic rings. The maximum Gasteiger partial charge on any atom is 0.233 e. The van der Waals surface area contributed by atoms with Crippen molar-refractivity contribution < 1.29 is 9.53 Å². The highest BCUT2D eigenvalue weighted by molar-refractivity contribution is 5.84. The molecule has 2 rings (SSSR count). The van der Waals surface area contributed by atoms with Crippen LogP contribution in [-0.4, -0.2) is 36.6 Å². The Kier molecular flexibility index (Phi) is 3.01. The Balaban J connectivity index is 2.05. The number of rotatable bonds is 2. The molecule has 0 spiro atoms. The third-order valence-electron chi connectivity index (χ3n) is 3.95. The number of likely N-dealkylation sites (tertiary alicyclic amines) is 1. The highest BCUT2D eigenvalue weighted by Crippen LogP contribution is 2.35. The Morgan fingerprint density at radius 2 is 2.20 bits per heavy atom. The maximum atomic E-state index is 12.4. The van der Waals surface area contributed by atoms with E-state index in [0.29, 0.717) is 25.2 Å². The molecule has 3 nitrogen and oxygen atoms in total. The number of hydrogen-bond donors (Lipinski definition) is 0. The Morgan fingerprint density at radius 1 is 1.47 bits per heavy atom. The van der Waals surface area contributed by atoms with Crippen LogP contribution in [0, 0.1) is 5.41 Å². The lowest BCUT2D eigenvalue weighted by molar-refractivity contribution is -0.176. The van der Waals surface area contributed by atoms with E-state index in [1.165, 1.54) is 6.42 Å². The fraction of sp³-hybridized carbons (Fsp3) is 0.917. The molecule has 1 atom stereocenters. The second kappa shape index (κ2) is 4.12. The van der Waals surface area contributed by atoms with Crippen molar-refractivity contribution in [3.05, 3.63) is 0 Å².